The van der Waals surface area contributed by atoms with Crippen LogP contribution in [0.15, 0.2) is 24.3 Å². The molecule has 0 amide bonds. The largest absolute Gasteiger partial charge is 0.476 e. The molecule has 6 heteroatoms. The van der Waals surface area contributed by atoms with Crippen molar-refractivity contribution in [1.82, 2.24) is 14.8 Å². The second kappa shape index (κ2) is 4.72. The molecule has 0 fully saturated rings. The van der Waals surface area contributed by atoms with E-state index in [0.717, 1.165) is 16.2 Å². The van der Waals surface area contributed by atoms with E-state index in [4.69, 9.17) is 0 Å². The van der Waals surface area contributed by atoms with Crippen LogP contribution in [-0.2, 0) is 6.54 Å². The highest BCUT2D eigenvalue weighted by Gasteiger charge is 2.16. The lowest BCUT2D eigenvalue weighted by Crippen LogP contribution is -2.04. The van der Waals surface area contributed by atoms with Gasteiger partial charge in [0.15, 0.2) is 5.69 Å². The molecule has 2 aromatic heterocycles. The average Bonchev–Trinajstić information content (AvgIpc) is 2.92. The Labute approximate surface area is 119 Å². The van der Waals surface area contributed by atoms with Crippen LogP contribution in [0.5, 0.6) is 0 Å². The molecule has 0 saturated heterocycles. The number of nitrogens with zero attached hydrogens (tertiary/aromatic N) is 3. The van der Waals surface area contributed by atoms with Crippen LogP contribution < -0.4 is 0 Å². The molecule has 0 aliphatic rings. The molecule has 20 heavy (non-hydrogen) atoms. The second-order valence-corrected chi connectivity index (χ2v) is 5.87. The highest BCUT2D eigenvalue weighted by atomic mass is 32.1. The molecule has 5 nitrogen and oxygen atoms in total. The number of aromatic carboxylic acids is 1. The monoisotopic (exact) mass is 287 g/mol. The number of para-hydroxylation sites is 1. The quantitative estimate of drug-likeness (QED) is 0.804. The number of hydrogen-bond acceptors (Lipinski definition) is 4. The van der Waals surface area contributed by atoms with Crippen LogP contribution in [0, 0.1) is 13.8 Å². The topological polar surface area (TPSA) is 68.0 Å². The van der Waals surface area contributed by atoms with Crippen molar-refractivity contribution >= 4 is 28.2 Å². The average molecular weight is 287 g/mol. The molecule has 0 unspecified atom stereocenters. The van der Waals surface area contributed by atoms with Gasteiger partial charge in [0.2, 0.25) is 0 Å². The second-order valence-electron chi connectivity index (χ2n) is 4.58. The van der Waals surface area contributed by atoms with Gasteiger partial charge in [-0.25, -0.2) is 9.78 Å². The normalized spacial score (nSPS) is 11.1. The fraction of sp³-hybridized carbons (Fsp3) is 0.214. The molecule has 1 N–H and O–H groups in total. The van der Waals surface area contributed by atoms with E-state index in [-0.39, 0.29) is 5.69 Å². The molecule has 102 valence electrons. The number of fused-ring (bicyclic) bond motifs is 1. The Morgan fingerprint density at radius 2 is 2.10 bits per heavy atom. The molecular weight excluding hydrogens is 274 g/mol. The maximum atomic E-state index is 11.3. The first-order valence-corrected chi connectivity index (χ1v) is 6.99. The van der Waals surface area contributed by atoms with Crippen molar-refractivity contribution in [3.63, 3.8) is 0 Å². The van der Waals surface area contributed by atoms with Gasteiger partial charge >= 0.3 is 5.97 Å². The predicted octanol–water partition coefficient (Wildman–Crippen LogP) is 2.86. The summed E-state index contributed by atoms with van der Waals surface area (Å²) in [5.41, 5.74) is 1.92. The highest BCUT2D eigenvalue weighted by Crippen LogP contribution is 2.22. The number of thiazole rings is 1. The van der Waals surface area contributed by atoms with Gasteiger partial charge in [-0.3, -0.25) is 4.68 Å². The van der Waals surface area contributed by atoms with Crippen molar-refractivity contribution < 1.29 is 9.90 Å². The number of carboxylic acids is 1. The smallest absolute Gasteiger partial charge is 0.357 e. The first-order chi connectivity index (χ1) is 9.56. The summed E-state index contributed by atoms with van der Waals surface area (Å²) in [5, 5.41) is 15.0. The zero-order chi connectivity index (χ0) is 14.3. The van der Waals surface area contributed by atoms with Gasteiger partial charge in [0, 0.05) is 10.3 Å². The molecule has 0 spiro atoms. The minimum absolute atomic E-state index is 0.0885. The first-order valence-electron chi connectivity index (χ1n) is 6.18. The van der Waals surface area contributed by atoms with Crippen molar-refractivity contribution in [3.05, 3.63) is 45.5 Å². The number of rotatable bonds is 3. The number of hydrogen-bond donors (Lipinski definition) is 1. The third-order valence-electron chi connectivity index (χ3n) is 3.22. The van der Waals surface area contributed by atoms with E-state index < -0.39 is 5.97 Å². The summed E-state index contributed by atoms with van der Waals surface area (Å²) in [6.07, 6.45) is 0. The number of aryl methyl sites for hydroxylation is 2. The Morgan fingerprint density at radius 1 is 1.35 bits per heavy atom. The molecule has 0 radical (unpaired) electrons. The van der Waals surface area contributed by atoms with Gasteiger partial charge in [-0.15, -0.1) is 11.3 Å². The summed E-state index contributed by atoms with van der Waals surface area (Å²) in [6, 6.07) is 7.35. The molecule has 3 aromatic rings. The molecule has 0 aliphatic heterocycles. The van der Waals surface area contributed by atoms with Crippen molar-refractivity contribution in [2.75, 3.05) is 0 Å². The zero-order valence-corrected chi connectivity index (χ0v) is 11.9. The number of benzene rings is 1. The van der Waals surface area contributed by atoms with Crippen LogP contribution in [0.2, 0.25) is 0 Å². The summed E-state index contributed by atoms with van der Waals surface area (Å²) in [4.78, 5) is 16.9. The SMILES string of the molecule is Cc1nc(Cn2nc(C(=O)O)c3ccccc32)sc1C. The summed E-state index contributed by atoms with van der Waals surface area (Å²) in [7, 11) is 0. The minimum Gasteiger partial charge on any atom is -0.476 e. The van der Waals surface area contributed by atoms with Crippen molar-refractivity contribution in [2.45, 2.75) is 20.4 Å². The highest BCUT2D eigenvalue weighted by molar-refractivity contribution is 7.11. The van der Waals surface area contributed by atoms with Gasteiger partial charge in [0.25, 0.3) is 0 Å². The Kier molecular flexibility index (Phi) is 3.02. The summed E-state index contributed by atoms with van der Waals surface area (Å²) >= 11 is 1.62. The third kappa shape index (κ3) is 2.08. The van der Waals surface area contributed by atoms with Gasteiger partial charge in [-0.2, -0.15) is 5.10 Å². The number of carbonyl (C=O) groups is 1. The van der Waals surface area contributed by atoms with E-state index in [0.29, 0.717) is 11.9 Å². The molecule has 0 bridgehead atoms. The summed E-state index contributed by atoms with van der Waals surface area (Å²) in [5.74, 6) is -1.01. The van der Waals surface area contributed by atoms with Gasteiger partial charge in [0.1, 0.15) is 5.01 Å². The Hall–Kier alpha value is -2.21. The van der Waals surface area contributed by atoms with Gasteiger partial charge < -0.3 is 5.11 Å². The lowest BCUT2D eigenvalue weighted by atomic mass is 10.2. The lowest BCUT2D eigenvalue weighted by Gasteiger charge is -1.99. The molecular formula is C14H13N3O2S. The molecule has 2 heterocycles. The number of carboxylic acid groups (broad SMARTS) is 1. The van der Waals surface area contributed by atoms with Crippen LogP contribution in [0.1, 0.15) is 26.1 Å². The molecule has 3 rings (SSSR count). The van der Waals surface area contributed by atoms with E-state index in [1.54, 1.807) is 22.1 Å². The first kappa shape index (κ1) is 12.8. The minimum atomic E-state index is -1.01. The number of aromatic nitrogens is 3. The molecule has 1 aromatic carbocycles. The lowest BCUT2D eigenvalue weighted by molar-refractivity contribution is 0.0691. The predicted molar refractivity (Wildman–Crippen MR) is 77.4 cm³/mol. The summed E-state index contributed by atoms with van der Waals surface area (Å²) in [6.45, 7) is 4.49. The van der Waals surface area contributed by atoms with Gasteiger partial charge in [-0.1, -0.05) is 18.2 Å². The van der Waals surface area contributed by atoms with Crippen LogP contribution in [0.4, 0.5) is 0 Å². The van der Waals surface area contributed by atoms with E-state index in [2.05, 4.69) is 10.1 Å². The van der Waals surface area contributed by atoms with Crippen LogP contribution in [-0.4, -0.2) is 25.8 Å². The van der Waals surface area contributed by atoms with Gasteiger partial charge in [0.05, 0.1) is 17.8 Å². The fourth-order valence-electron chi connectivity index (χ4n) is 2.14. The van der Waals surface area contributed by atoms with E-state index in [1.165, 1.54) is 4.88 Å². The standard InChI is InChI=1S/C14H13N3O2S/c1-8-9(2)20-12(15-8)7-17-11-6-4-3-5-10(11)13(16-17)14(18)19/h3-6H,7H2,1-2H3,(H,18,19). The molecule has 0 aliphatic carbocycles. The Bertz CT molecular complexity index is 784. The van der Waals surface area contributed by atoms with Crippen LogP contribution in [0.25, 0.3) is 10.9 Å². The maximum Gasteiger partial charge on any atom is 0.357 e. The maximum absolute atomic E-state index is 11.3. The summed E-state index contributed by atoms with van der Waals surface area (Å²) < 4.78 is 1.70. The van der Waals surface area contributed by atoms with E-state index in [9.17, 15) is 9.90 Å². The Balaban J connectivity index is 2.09. The van der Waals surface area contributed by atoms with Crippen LogP contribution in [0.3, 0.4) is 0 Å². The van der Waals surface area contributed by atoms with Gasteiger partial charge in [-0.05, 0) is 19.9 Å². The zero-order valence-electron chi connectivity index (χ0n) is 11.1. The van der Waals surface area contributed by atoms with Crippen LogP contribution >= 0.6 is 11.3 Å². The fourth-order valence-corrected chi connectivity index (χ4v) is 3.06. The van der Waals surface area contributed by atoms with E-state index >= 15 is 0 Å². The third-order valence-corrected chi connectivity index (χ3v) is 4.28. The Morgan fingerprint density at radius 3 is 2.75 bits per heavy atom. The molecule has 0 saturated carbocycles. The van der Waals surface area contributed by atoms with Crippen molar-refractivity contribution in [1.29, 1.82) is 0 Å². The van der Waals surface area contributed by atoms with Crippen molar-refractivity contribution in [2.24, 2.45) is 0 Å². The van der Waals surface area contributed by atoms with Crippen molar-refractivity contribution in [3.8, 4) is 0 Å². The molecule has 0 atom stereocenters. The van der Waals surface area contributed by atoms with E-state index in [1.807, 2.05) is 32.0 Å².